The number of anilines is 1. The average molecular weight is 422 g/mol. The summed E-state index contributed by atoms with van der Waals surface area (Å²) >= 11 is 0. The summed E-state index contributed by atoms with van der Waals surface area (Å²) in [7, 11) is 0. The fraction of sp³-hybridized carbons (Fsp3) is 0.591. The van der Waals surface area contributed by atoms with Crippen molar-refractivity contribution in [2.75, 3.05) is 11.9 Å². The van der Waals surface area contributed by atoms with Crippen molar-refractivity contribution >= 4 is 24.0 Å². The number of halogens is 1. The Morgan fingerprint density at radius 2 is 1.83 bits per heavy atom. The molecular formula is C22H31FN2O5. The number of ether oxygens (including phenoxy) is 2. The van der Waals surface area contributed by atoms with Crippen molar-refractivity contribution in [1.82, 2.24) is 5.32 Å². The maximum absolute atomic E-state index is 14.4. The second-order valence-corrected chi connectivity index (χ2v) is 9.51. The van der Waals surface area contributed by atoms with Gasteiger partial charge in [0, 0.05) is 11.6 Å². The molecule has 0 heterocycles. The van der Waals surface area contributed by atoms with Crippen molar-refractivity contribution in [2.24, 2.45) is 5.92 Å². The van der Waals surface area contributed by atoms with E-state index >= 15 is 0 Å². The lowest BCUT2D eigenvalue weighted by Crippen LogP contribution is -2.49. The number of fused-ring (bicyclic) bond motifs is 1. The van der Waals surface area contributed by atoms with Gasteiger partial charge in [-0.1, -0.05) is 0 Å². The number of nitrogens with one attached hydrogen (secondary N) is 2. The van der Waals surface area contributed by atoms with Gasteiger partial charge in [-0.05, 0) is 77.6 Å². The van der Waals surface area contributed by atoms with Gasteiger partial charge >= 0.3 is 6.09 Å². The highest BCUT2D eigenvalue weighted by molar-refractivity contribution is 5.96. The van der Waals surface area contributed by atoms with Crippen LogP contribution >= 0.6 is 0 Å². The molecular weight excluding hydrogens is 391 g/mol. The third-order valence-corrected chi connectivity index (χ3v) is 4.39. The molecule has 2 unspecified atom stereocenters. The molecule has 0 radical (unpaired) electrons. The number of hydrogen-bond donors (Lipinski definition) is 2. The van der Waals surface area contributed by atoms with Crippen LogP contribution in [-0.2, 0) is 31.9 Å². The van der Waals surface area contributed by atoms with E-state index in [0.717, 1.165) is 6.29 Å². The third kappa shape index (κ3) is 7.09. The van der Waals surface area contributed by atoms with E-state index in [0.29, 0.717) is 24.0 Å². The number of aldehydes is 1. The molecule has 1 aliphatic rings. The first-order valence-corrected chi connectivity index (χ1v) is 9.98. The van der Waals surface area contributed by atoms with Crippen LogP contribution in [0.5, 0.6) is 0 Å². The Bertz CT molecular complexity index is 811. The molecule has 2 amide bonds. The lowest BCUT2D eigenvalue weighted by molar-refractivity contribution is -0.121. The lowest BCUT2D eigenvalue weighted by Gasteiger charge is -2.26. The van der Waals surface area contributed by atoms with Crippen LogP contribution in [0.2, 0.25) is 0 Å². The number of carbonyl (C=O) groups is 3. The standard InChI is InChI=1S/C22H31FN2O5/c1-21(2,3)29-12-18(25-20(28)30-22(4,5)6)19(27)24-15-9-14-7-13(11-26)8-16(14)17(23)10-15/h9-11,13,18H,7-8,12H2,1-6H3,(H,24,27)(H,25,28). The van der Waals surface area contributed by atoms with Crippen LogP contribution in [0.3, 0.4) is 0 Å². The zero-order valence-corrected chi connectivity index (χ0v) is 18.4. The number of hydrogen-bond acceptors (Lipinski definition) is 5. The molecule has 0 saturated carbocycles. The topological polar surface area (TPSA) is 93.7 Å². The first-order chi connectivity index (χ1) is 13.8. The van der Waals surface area contributed by atoms with E-state index in [1.807, 2.05) is 20.8 Å². The van der Waals surface area contributed by atoms with Gasteiger partial charge in [-0.2, -0.15) is 0 Å². The van der Waals surface area contributed by atoms with Crippen LogP contribution in [0, 0.1) is 11.7 Å². The Balaban J connectivity index is 2.14. The molecule has 0 saturated heterocycles. The van der Waals surface area contributed by atoms with Gasteiger partial charge in [-0.25, -0.2) is 9.18 Å². The highest BCUT2D eigenvalue weighted by Gasteiger charge is 2.28. The van der Waals surface area contributed by atoms with Crippen LogP contribution in [0.15, 0.2) is 12.1 Å². The van der Waals surface area contributed by atoms with Gasteiger partial charge in [0.25, 0.3) is 0 Å². The summed E-state index contributed by atoms with van der Waals surface area (Å²) < 4.78 is 25.3. The fourth-order valence-corrected chi connectivity index (χ4v) is 3.08. The van der Waals surface area contributed by atoms with E-state index in [-0.39, 0.29) is 18.2 Å². The van der Waals surface area contributed by atoms with Crippen molar-refractivity contribution in [3.63, 3.8) is 0 Å². The molecule has 0 spiro atoms. The van der Waals surface area contributed by atoms with Crippen LogP contribution in [-0.4, -0.2) is 42.1 Å². The maximum atomic E-state index is 14.4. The molecule has 8 heteroatoms. The normalized spacial score (nSPS) is 17.1. The van der Waals surface area contributed by atoms with Gasteiger partial charge in [-0.15, -0.1) is 0 Å². The van der Waals surface area contributed by atoms with Crippen LogP contribution in [0.25, 0.3) is 0 Å². The number of alkyl carbamates (subject to hydrolysis) is 1. The molecule has 1 aromatic carbocycles. The SMILES string of the molecule is CC(C)(C)OCC(NC(=O)OC(C)(C)C)C(=O)Nc1cc(F)c2c(c1)CC(C=O)C2. The van der Waals surface area contributed by atoms with Gasteiger partial charge in [0.15, 0.2) is 0 Å². The van der Waals surface area contributed by atoms with Crippen molar-refractivity contribution in [3.05, 3.63) is 29.1 Å². The monoisotopic (exact) mass is 422 g/mol. The zero-order valence-electron chi connectivity index (χ0n) is 18.4. The molecule has 166 valence electrons. The molecule has 7 nitrogen and oxygen atoms in total. The Morgan fingerprint density at radius 1 is 1.17 bits per heavy atom. The summed E-state index contributed by atoms with van der Waals surface area (Å²) in [6.45, 7) is 10.5. The molecule has 1 aromatic rings. The molecule has 0 fully saturated rings. The molecule has 2 atom stereocenters. The van der Waals surface area contributed by atoms with E-state index in [2.05, 4.69) is 10.6 Å². The van der Waals surface area contributed by atoms with Gasteiger partial charge in [0.1, 0.15) is 23.7 Å². The average Bonchev–Trinajstić information content (AvgIpc) is 3.00. The minimum atomic E-state index is -1.04. The first-order valence-electron chi connectivity index (χ1n) is 9.98. The van der Waals surface area contributed by atoms with Crippen LogP contribution < -0.4 is 10.6 Å². The first kappa shape index (κ1) is 23.8. The van der Waals surface area contributed by atoms with Crippen LogP contribution in [0.1, 0.15) is 52.7 Å². The van der Waals surface area contributed by atoms with E-state index in [4.69, 9.17) is 9.47 Å². The Hall–Kier alpha value is -2.48. The molecule has 1 aliphatic carbocycles. The molecule has 0 bridgehead atoms. The lowest BCUT2D eigenvalue weighted by atomic mass is 10.1. The highest BCUT2D eigenvalue weighted by Crippen LogP contribution is 2.30. The van der Waals surface area contributed by atoms with Gasteiger partial charge in [0.2, 0.25) is 5.91 Å². The van der Waals surface area contributed by atoms with Gasteiger partial charge in [-0.3, -0.25) is 4.79 Å². The summed E-state index contributed by atoms with van der Waals surface area (Å²) in [5.41, 5.74) is 0.204. The Labute approximate surface area is 176 Å². The summed E-state index contributed by atoms with van der Waals surface area (Å²) in [6, 6.07) is 1.84. The van der Waals surface area contributed by atoms with E-state index in [1.54, 1.807) is 26.8 Å². The highest BCUT2D eigenvalue weighted by atomic mass is 19.1. The van der Waals surface area contributed by atoms with Crippen molar-refractivity contribution in [1.29, 1.82) is 0 Å². The van der Waals surface area contributed by atoms with Crippen molar-refractivity contribution < 1.29 is 28.2 Å². The summed E-state index contributed by atoms with van der Waals surface area (Å²) in [5, 5.41) is 5.14. The maximum Gasteiger partial charge on any atom is 0.408 e. The predicted molar refractivity (Wildman–Crippen MR) is 111 cm³/mol. The zero-order chi connectivity index (χ0) is 22.7. The van der Waals surface area contributed by atoms with Gasteiger partial charge < -0.3 is 24.9 Å². The quantitative estimate of drug-likeness (QED) is 0.686. The minimum absolute atomic E-state index is 0.0881. The van der Waals surface area contributed by atoms with Crippen molar-refractivity contribution in [3.8, 4) is 0 Å². The molecule has 0 aliphatic heterocycles. The Kier molecular flexibility index (Phi) is 7.23. The molecule has 30 heavy (non-hydrogen) atoms. The summed E-state index contributed by atoms with van der Waals surface area (Å²) in [6.07, 6.45) is 0.865. The van der Waals surface area contributed by atoms with Crippen LogP contribution in [0.4, 0.5) is 14.9 Å². The molecule has 2 rings (SSSR count). The van der Waals surface area contributed by atoms with E-state index in [9.17, 15) is 18.8 Å². The second-order valence-electron chi connectivity index (χ2n) is 9.51. The second kappa shape index (κ2) is 9.12. The number of benzene rings is 1. The minimum Gasteiger partial charge on any atom is -0.444 e. The fourth-order valence-electron chi connectivity index (χ4n) is 3.08. The number of amides is 2. The number of rotatable bonds is 6. The largest absolute Gasteiger partial charge is 0.444 e. The predicted octanol–water partition coefficient (Wildman–Crippen LogP) is 3.39. The number of carbonyl (C=O) groups excluding carboxylic acids is 3. The van der Waals surface area contributed by atoms with E-state index < -0.39 is 35.1 Å². The molecule has 2 N–H and O–H groups in total. The summed E-state index contributed by atoms with van der Waals surface area (Å²) in [5.74, 6) is -1.27. The van der Waals surface area contributed by atoms with Gasteiger partial charge in [0.05, 0.1) is 12.2 Å². The summed E-state index contributed by atoms with van der Waals surface area (Å²) in [4.78, 5) is 36.0. The molecule has 0 aromatic heterocycles. The smallest absolute Gasteiger partial charge is 0.408 e. The third-order valence-electron chi connectivity index (χ3n) is 4.39. The Morgan fingerprint density at radius 3 is 2.40 bits per heavy atom. The van der Waals surface area contributed by atoms with E-state index in [1.165, 1.54) is 6.07 Å². The van der Waals surface area contributed by atoms with Crippen molar-refractivity contribution in [2.45, 2.75) is 71.6 Å².